The van der Waals surface area contributed by atoms with Gasteiger partial charge in [0.15, 0.2) is 0 Å². The van der Waals surface area contributed by atoms with E-state index in [0.29, 0.717) is 0 Å². The summed E-state index contributed by atoms with van der Waals surface area (Å²) in [5.74, 6) is -0.922. The van der Waals surface area contributed by atoms with Crippen LogP contribution in [0, 0.1) is 0 Å². The SMILES string of the molecule is O=C(NS(=O)O)c1ccc(C(F)(F)F)cc1. The second-order valence-corrected chi connectivity index (χ2v) is 3.46. The van der Waals surface area contributed by atoms with E-state index in [1.165, 1.54) is 0 Å². The van der Waals surface area contributed by atoms with E-state index in [0.717, 1.165) is 24.3 Å². The highest BCUT2D eigenvalue weighted by Gasteiger charge is 2.30. The molecule has 0 saturated carbocycles. The molecule has 0 bridgehead atoms. The Morgan fingerprint density at radius 2 is 1.75 bits per heavy atom. The molecule has 88 valence electrons. The van der Waals surface area contributed by atoms with Crippen LogP contribution < -0.4 is 4.72 Å². The number of hydrogen-bond acceptors (Lipinski definition) is 2. The summed E-state index contributed by atoms with van der Waals surface area (Å²) in [6, 6.07) is 3.28. The molecule has 0 fully saturated rings. The molecule has 0 saturated heterocycles. The van der Waals surface area contributed by atoms with Crippen LogP contribution in [0.3, 0.4) is 0 Å². The van der Waals surface area contributed by atoms with Crippen molar-refractivity contribution < 1.29 is 26.7 Å². The minimum atomic E-state index is -4.48. The lowest BCUT2D eigenvalue weighted by atomic mass is 10.1. The largest absolute Gasteiger partial charge is 0.416 e. The van der Waals surface area contributed by atoms with Crippen molar-refractivity contribution in [2.45, 2.75) is 6.18 Å². The van der Waals surface area contributed by atoms with E-state index in [1.54, 1.807) is 4.72 Å². The summed E-state index contributed by atoms with van der Waals surface area (Å²) in [5, 5.41) is 0. The number of amides is 1. The molecule has 1 aromatic rings. The number of rotatable bonds is 2. The lowest BCUT2D eigenvalue weighted by Crippen LogP contribution is -2.25. The number of benzene rings is 1. The van der Waals surface area contributed by atoms with Gasteiger partial charge in [0, 0.05) is 5.56 Å². The van der Waals surface area contributed by atoms with Gasteiger partial charge in [0.2, 0.25) is 0 Å². The first-order chi connectivity index (χ1) is 7.30. The van der Waals surface area contributed by atoms with Crippen LogP contribution in [0.1, 0.15) is 15.9 Å². The van der Waals surface area contributed by atoms with Gasteiger partial charge in [-0.25, -0.2) is 8.93 Å². The van der Waals surface area contributed by atoms with Gasteiger partial charge in [0.1, 0.15) is 0 Å². The molecular weight excluding hydrogens is 247 g/mol. The van der Waals surface area contributed by atoms with Gasteiger partial charge in [-0.2, -0.15) is 13.2 Å². The molecule has 0 aliphatic rings. The van der Waals surface area contributed by atoms with Crippen molar-refractivity contribution in [2.75, 3.05) is 0 Å². The van der Waals surface area contributed by atoms with Crippen molar-refractivity contribution in [2.24, 2.45) is 0 Å². The van der Waals surface area contributed by atoms with Crippen LogP contribution >= 0.6 is 0 Å². The van der Waals surface area contributed by atoms with Crippen LogP contribution in [-0.4, -0.2) is 14.7 Å². The summed E-state index contributed by atoms with van der Waals surface area (Å²) in [6.07, 6.45) is -4.48. The van der Waals surface area contributed by atoms with Crippen molar-refractivity contribution >= 4 is 17.2 Å². The zero-order chi connectivity index (χ0) is 12.3. The fourth-order valence-electron chi connectivity index (χ4n) is 0.949. The first-order valence-electron chi connectivity index (χ1n) is 3.90. The molecule has 0 aromatic heterocycles. The lowest BCUT2D eigenvalue weighted by molar-refractivity contribution is -0.137. The molecule has 0 aliphatic carbocycles. The summed E-state index contributed by atoms with van der Waals surface area (Å²) in [6.45, 7) is 0. The summed E-state index contributed by atoms with van der Waals surface area (Å²) < 4.78 is 56.6. The first kappa shape index (κ1) is 12.7. The Bertz CT molecular complexity index is 416. The predicted octanol–water partition coefficient (Wildman–Crippen LogP) is 1.57. The Morgan fingerprint density at radius 1 is 1.25 bits per heavy atom. The molecule has 16 heavy (non-hydrogen) atoms. The summed E-state index contributed by atoms with van der Waals surface area (Å²) in [7, 11) is 0. The van der Waals surface area contributed by atoms with Gasteiger partial charge in [0.25, 0.3) is 17.2 Å². The van der Waals surface area contributed by atoms with Crippen LogP contribution in [-0.2, 0) is 17.4 Å². The van der Waals surface area contributed by atoms with Crippen LogP contribution in [0.25, 0.3) is 0 Å². The Labute approximate surface area is 90.9 Å². The zero-order valence-corrected chi connectivity index (χ0v) is 8.43. The van der Waals surface area contributed by atoms with Gasteiger partial charge >= 0.3 is 6.18 Å². The van der Waals surface area contributed by atoms with Crippen LogP contribution in [0.5, 0.6) is 0 Å². The highest BCUT2D eigenvalue weighted by atomic mass is 32.2. The van der Waals surface area contributed by atoms with Gasteiger partial charge in [-0.3, -0.25) is 9.35 Å². The second-order valence-electron chi connectivity index (χ2n) is 2.76. The van der Waals surface area contributed by atoms with Crippen molar-refractivity contribution in [3.8, 4) is 0 Å². The summed E-state index contributed by atoms with van der Waals surface area (Å²) >= 11 is -2.54. The third-order valence-corrected chi connectivity index (χ3v) is 2.01. The van der Waals surface area contributed by atoms with Crippen molar-refractivity contribution in [3.63, 3.8) is 0 Å². The maximum Gasteiger partial charge on any atom is 0.416 e. The van der Waals surface area contributed by atoms with E-state index >= 15 is 0 Å². The number of carbonyl (C=O) groups is 1. The molecule has 1 atom stereocenters. The summed E-state index contributed by atoms with van der Waals surface area (Å²) in [5.41, 5.74) is -1.02. The van der Waals surface area contributed by atoms with E-state index in [2.05, 4.69) is 0 Å². The Hall–Kier alpha value is -1.41. The lowest BCUT2D eigenvalue weighted by Gasteiger charge is -2.06. The highest BCUT2D eigenvalue weighted by Crippen LogP contribution is 2.28. The average molecular weight is 253 g/mol. The third kappa shape index (κ3) is 3.31. The van der Waals surface area contributed by atoms with E-state index in [-0.39, 0.29) is 5.56 Å². The van der Waals surface area contributed by atoms with Crippen LogP contribution in [0.15, 0.2) is 24.3 Å². The fraction of sp³-hybridized carbons (Fsp3) is 0.125. The van der Waals surface area contributed by atoms with E-state index in [4.69, 9.17) is 4.55 Å². The molecule has 1 unspecified atom stereocenters. The van der Waals surface area contributed by atoms with Gasteiger partial charge in [-0.05, 0) is 24.3 Å². The summed E-state index contributed by atoms with van der Waals surface area (Å²) in [4.78, 5) is 11.1. The number of hydrogen-bond donors (Lipinski definition) is 2. The minimum Gasteiger partial charge on any atom is -0.289 e. The molecule has 0 aliphatic heterocycles. The molecule has 8 heteroatoms. The van der Waals surface area contributed by atoms with Crippen molar-refractivity contribution in [1.82, 2.24) is 4.72 Å². The quantitative estimate of drug-likeness (QED) is 0.786. The van der Waals surface area contributed by atoms with E-state index in [1.807, 2.05) is 0 Å². The van der Waals surface area contributed by atoms with Gasteiger partial charge < -0.3 is 0 Å². The average Bonchev–Trinajstić information content (AvgIpc) is 2.15. The highest BCUT2D eigenvalue weighted by molar-refractivity contribution is 7.77. The molecule has 4 nitrogen and oxygen atoms in total. The standard InChI is InChI=1S/C8H6F3NO3S/c9-8(10,11)6-3-1-5(2-4-6)7(13)12-16(14)15/h1-4H,(H,12,13)(H,14,15). The Kier molecular flexibility index (Phi) is 3.66. The van der Waals surface area contributed by atoms with Crippen LogP contribution in [0.2, 0.25) is 0 Å². The monoisotopic (exact) mass is 253 g/mol. The first-order valence-corrected chi connectivity index (χ1v) is 5.00. The minimum absolute atomic E-state index is 0.129. The second kappa shape index (κ2) is 4.62. The number of nitrogens with one attached hydrogen (secondary N) is 1. The van der Waals surface area contributed by atoms with E-state index < -0.39 is 28.9 Å². The Morgan fingerprint density at radius 3 is 2.12 bits per heavy atom. The van der Waals surface area contributed by atoms with Crippen molar-refractivity contribution in [1.29, 1.82) is 0 Å². The molecule has 1 rings (SSSR count). The molecule has 1 aromatic carbocycles. The van der Waals surface area contributed by atoms with E-state index in [9.17, 15) is 22.2 Å². The molecule has 2 N–H and O–H groups in total. The maximum atomic E-state index is 12.1. The Balaban J connectivity index is 2.87. The predicted molar refractivity (Wildman–Crippen MR) is 49.7 cm³/mol. The van der Waals surface area contributed by atoms with Gasteiger partial charge in [-0.15, -0.1) is 0 Å². The maximum absolute atomic E-state index is 12.1. The molecule has 0 heterocycles. The molecule has 1 amide bonds. The third-order valence-electron chi connectivity index (χ3n) is 1.65. The smallest absolute Gasteiger partial charge is 0.289 e. The fourth-order valence-corrected chi connectivity index (χ4v) is 1.23. The van der Waals surface area contributed by atoms with Crippen LogP contribution in [0.4, 0.5) is 13.2 Å². The zero-order valence-electron chi connectivity index (χ0n) is 7.62. The number of carbonyl (C=O) groups excluding carboxylic acids is 1. The molecular formula is C8H6F3NO3S. The topological polar surface area (TPSA) is 66.4 Å². The van der Waals surface area contributed by atoms with Gasteiger partial charge in [0.05, 0.1) is 5.56 Å². The normalized spacial score (nSPS) is 13.2. The van der Waals surface area contributed by atoms with Gasteiger partial charge in [-0.1, -0.05) is 0 Å². The molecule has 0 spiro atoms. The number of halogens is 3. The molecule has 0 radical (unpaired) electrons. The van der Waals surface area contributed by atoms with Crippen molar-refractivity contribution in [3.05, 3.63) is 35.4 Å². The number of alkyl halides is 3.